The molecule has 0 spiro atoms. The number of hydrogen-bond acceptors (Lipinski definition) is 7. The minimum absolute atomic E-state index is 0.134. The topological polar surface area (TPSA) is 92.2 Å². The van der Waals surface area contributed by atoms with Crippen LogP contribution in [0.2, 0.25) is 0 Å². The van der Waals surface area contributed by atoms with Gasteiger partial charge in [0.1, 0.15) is 24.7 Å². The molecule has 0 saturated carbocycles. The molecule has 0 radical (unpaired) electrons. The van der Waals surface area contributed by atoms with Crippen LogP contribution in [0.4, 0.5) is 23.1 Å². The summed E-state index contributed by atoms with van der Waals surface area (Å²) in [5, 5.41) is 10.1. The monoisotopic (exact) mass is 559 g/mol. The number of hydrogen-bond donors (Lipinski definition) is 1. The summed E-state index contributed by atoms with van der Waals surface area (Å²) in [6.45, 7) is 0.147. The van der Waals surface area contributed by atoms with E-state index < -0.39 is 30.3 Å². The van der Waals surface area contributed by atoms with E-state index >= 15 is 0 Å². The minimum Gasteiger partial charge on any atom is -0.492 e. The largest absolute Gasteiger partial charge is 0.492 e. The molecule has 0 aliphatic carbocycles. The highest BCUT2D eigenvalue weighted by molar-refractivity contribution is 7.22. The molecule has 8 nitrogen and oxygen atoms in total. The Morgan fingerprint density at radius 1 is 1.00 bits per heavy atom. The summed E-state index contributed by atoms with van der Waals surface area (Å²) >= 11 is 1.59. The number of fused-ring (bicyclic) bond motifs is 1. The van der Waals surface area contributed by atoms with Gasteiger partial charge in [0.15, 0.2) is 5.13 Å². The molecule has 0 unspecified atom stereocenters. The van der Waals surface area contributed by atoms with Crippen LogP contribution in [-0.2, 0) is 17.5 Å². The lowest BCUT2D eigenvalue weighted by atomic mass is 10.2. The van der Waals surface area contributed by atoms with E-state index in [0.717, 1.165) is 32.4 Å². The number of rotatable bonds is 10. The number of carbonyl (C=O) groups is 2. The Bertz CT molecular complexity index is 1410. The Hall–Kier alpha value is -4.32. The normalized spacial score (nSPS) is 11.3. The Morgan fingerprint density at radius 2 is 1.74 bits per heavy atom. The van der Waals surface area contributed by atoms with Crippen molar-refractivity contribution in [2.75, 3.05) is 31.6 Å². The molecule has 0 aliphatic rings. The fourth-order valence-electron chi connectivity index (χ4n) is 3.58. The fraction of sp³-hybridized carbons (Fsp3) is 0.222. The summed E-state index contributed by atoms with van der Waals surface area (Å²) in [5.41, 5.74) is 0.534. The van der Waals surface area contributed by atoms with Crippen LogP contribution in [0.1, 0.15) is 11.1 Å². The van der Waals surface area contributed by atoms with Crippen LogP contribution < -0.4 is 14.4 Å². The lowest BCUT2D eigenvalue weighted by molar-refractivity contribution is -0.138. The number of likely N-dealkylation sites (N-methyl/N-ethyl adjacent to an activating group) is 1. The van der Waals surface area contributed by atoms with E-state index in [0.29, 0.717) is 30.5 Å². The lowest BCUT2D eigenvalue weighted by Crippen LogP contribution is -2.37. The number of carboxylic acid groups (broad SMARTS) is 1. The zero-order valence-corrected chi connectivity index (χ0v) is 21.5. The molecule has 0 aliphatic heterocycles. The van der Waals surface area contributed by atoms with Gasteiger partial charge in [-0.15, -0.1) is 0 Å². The van der Waals surface area contributed by atoms with E-state index in [4.69, 9.17) is 9.47 Å². The summed E-state index contributed by atoms with van der Waals surface area (Å²) in [6, 6.07) is 18.4. The number of alkyl halides is 3. The quantitative estimate of drug-likeness (QED) is 0.258. The lowest BCUT2D eigenvalue weighted by Gasteiger charge is -2.21. The number of carboxylic acids is 1. The molecule has 12 heteroatoms. The van der Waals surface area contributed by atoms with E-state index in [1.807, 2.05) is 36.2 Å². The fourth-order valence-corrected chi connectivity index (χ4v) is 4.53. The second-order valence-electron chi connectivity index (χ2n) is 8.52. The number of thiazole rings is 1. The molecule has 39 heavy (non-hydrogen) atoms. The van der Waals surface area contributed by atoms with Crippen LogP contribution in [-0.4, -0.2) is 53.8 Å². The van der Waals surface area contributed by atoms with Gasteiger partial charge in [0.2, 0.25) is 0 Å². The van der Waals surface area contributed by atoms with Crippen LogP contribution in [0.5, 0.6) is 11.5 Å². The van der Waals surface area contributed by atoms with Crippen LogP contribution in [0.3, 0.4) is 0 Å². The Kier molecular flexibility index (Phi) is 8.55. The highest BCUT2D eigenvalue weighted by atomic mass is 32.1. The standard InChI is InChI=1S/C27H24F3N3O5S/c1-32(25-31-22-7-2-3-8-23(22)39-25)13-14-37-20-11-9-18(10-12-20)16-33(17-24(34)35)26(36)38-21-6-4-5-19(15-21)27(28,29)30/h2-12,15H,13-14,16-17H2,1H3,(H,34,35). The highest BCUT2D eigenvalue weighted by Gasteiger charge is 2.31. The van der Waals surface area contributed by atoms with Crippen LogP contribution in [0.15, 0.2) is 72.8 Å². The van der Waals surface area contributed by atoms with Crippen molar-refractivity contribution in [2.45, 2.75) is 12.7 Å². The maximum Gasteiger partial charge on any atom is 0.416 e. The molecule has 0 atom stereocenters. The number of benzene rings is 3. The number of ether oxygens (including phenoxy) is 2. The summed E-state index contributed by atoms with van der Waals surface area (Å²) in [7, 11) is 1.93. The first kappa shape index (κ1) is 27.7. The predicted octanol–water partition coefficient (Wildman–Crippen LogP) is 5.92. The SMILES string of the molecule is CN(CCOc1ccc(CN(CC(=O)O)C(=O)Oc2cccc(C(F)(F)F)c2)cc1)c1nc2ccccc2s1. The van der Waals surface area contributed by atoms with Crippen molar-refractivity contribution < 1.29 is 37.3 Å². The third-order valence-corrected chi connectivity index (χ3v) is 6.70. The minimum atomic E-state index is -4.61. The first-order chi connectivity index (χ1) is 18.6. The average molecular weight is 560 g/mol. The van der Waals surface area contributed by atoms with Gasteiger partial charge < -0.3 is 19.5 Å². The second-order valence-corrected chi connectivity index (χ2v) is 9.53. The summed E-state index contributed by atoms with van der Waals surface area (Å²) < 4.78 is 50.8. The third kappa shape index (κ3) is 7.60. The molecule has 1 aromatic heterocycles. The second kappa shape index (κ2) is 12.0. The molecule has 204 valence electrons. The zero-order valence-electron chi connectivity index (χ0n) is 20.7. The highest BCUT2D eigenvalue weighted by Crippen LogP contribution is 2.31. The van der Waals surface area contributed by atoms with Crippen molar-refractivity contribution >= 4 is 38.7 Å². The average Bonchev–Trinajstić information content (AvgIpc) is 3.33. The van der Waals surface area contributed by atoms with Crippen molar-refractivity contribution in [1.29, 1.82) is 0 Å². The Morgan fingerprint density at radius 3 is 2.44 bits per heavy atom. The molecule has 4 aromatic rings. The smallest absolute Gasteiger partial charge is 0.416 e. The molecule has 4 rings (SSSR count). The first-order valence-electron chi connectivity index (χ1n) is 11.7. The summed E-state index contributed by atoms with van der Waals surface area (Å²) in [6.07, 6.45) is -5.70. The van der Waals surface area contributed by atoms with Crippen LogP contribution in [0, 0.1) is 0 Å². The molecule has 1 amide bonds. The number of anilines is 1. The van der Waals surface area contributed by atoms with Gasteiger partial charge in [0.05, 0.1) is 22.3 Å². The van der Waals surface area contributed by atoms with Crippen molar-refractivity contribution in [3.05, 3.63) is 83.9 Å². The summed E-state index contributed by atoms with van der Waals surface area (Å²) in [4.78, 5) is 31.4. The van der Waals surface area contributed by atoms with Gasteiger partial charge in [-0.3, -0.25) is 9.69 Å². The molecular weight excluding hydrogens is 535 g/mol. The van der Waals surface area contributed by atoms with Gasteiger partial charge >= 0.3 is 18.2 Å². The van der Waals surface area contributed by atoms with Crippen LogP contribution in [0.25, 0.3) is 10.2 Å². The maximum absolute atomic E-state index is 12.9. The third-order valence-electron chi connectivity index (χ3n) is 5.55. The van der Waals surface area contributed by atoms with Crippen molar-refractivity contribution in [3.8, 4) is 11.5 Å². The number of aromatic nitrogens is 1. The van der Waals surface area contributed by atoms with E-state index in [1.54, 1.807) is 35.6 Å². The number of aliphatic carboxylic acids is 1. The zero-order chi connectivity index (χ0) is 28.0. The predicted molar refractivity (Wildman–Crippen MR) is 140 cm³/mol. The number of nitrogens with zero attached hydrogens (tertiary/aromatic N) is 3. The van der Waals surface area contributed by atoms with Crippen molar-refractivity contribution in [3.63, 3.8) is 0 Å². The maximum atomic E-state index is 12.9. The number of carbonyl (C=O) groups excluding carboxylic acids is 1. The molecule has 3 aromatic carbocycles. The number of para-hydroxylation sites is 1. The molecule has 1 heterocycles. The van der Waals surface area contributed by atoms with Gasteiger partial charge in [0, 0.05) is 13.6 Å². The molecule has 0 saturated heterocycles. The molecule has 1 N–H and O–H groups in total. The van der Waals surface area contributed by atoms with Gasteiger partial charge in [0.25, 0.3) is 0 Å². The number of amides is 1. The Labute approximate surface area is 225 Å². The summed E-state index contributed by atoms with van der Waals surface area (Å²) in [5.74, 6) is -1.06. The van der Waals surface area contributed by atoms with Gasteiger partial charge in [-0.2, -0.15) is 13.2 Å². The molecule has 0 fully saturated rings. The first-order valence-corrected chi connectivity index (χ1v) is 12.5. The molecular formula is C27H24F3N3O5S. The van der Waals surface area contributed by atoms with Crippen molar-refractivity contribution in [2.24, 2.45) is 0 Å². The van der Waals surface area contributed by atoms with Crippen molar-refractivity contribution in [1.82, 2.24) is 9.88 Å². The van der Waals surface area contributed by atoms with E-state index in [2.05, 4.69) is 4.98 Å². The van der Waals surface area contributed by atoms with E-state index in [-0.39, 0.29) is 12.3 Å². The van der Waals surface area contributed by atoms with E-state index in [1.165, 1.54) is 6.07 Å². The van der Waals surface area contributed by atoms with Crippen LogP contribution >= 0.6 is 11.3 Å². The Balaban J connectivity index is 1.32. The molecule has 0 bridgehead atoms. The van der Waals surface area contributed by atoms with Gasteiger partial charge in [-0.25, -0.2) is 9.78 Å². The van der Waals surface area contributed by atoms with E-state index in [9.17, 15) is 27.9 Å². The van der Waals surface area contributed by atoms with Gasteiger partial charge in [-0.1, -0.05) is 41.7 Å². The van der Waals surface area contributed by atoms with Gasteiger partial charge in [-0.05, 0) is 48.0 Å². The number of halogens is 3.